The SMILES string of the molecule is Cc1ccc(Cl)c(NCc2cc(-c3cccs3)cs2)c1. The van der Waals surface area contributed by atoms with Gasteiger partial charge in [0, 0.05) is 21.9 Å². The predicted molar refractivity (Wildman–Crippen MR) is 91.1 cm³/mol. The summed E-state index contributed by atoms with van der Waals surface area (Å²) in [5.41, 5.74) is 3.51. The van der Waals surface area contributed by atoms with Crippen LogP contribution in [-0.4, -0.2) is 0 Å². The Kier molecular flexibility index (Phi) is 4.10. The molecule has 0 aliphatic rings. The Labute approximate surface area is 131 Å². The molecule has 0 saturated heterocycles. The summed E-state index contributed by atoms with van der Waals surface area (Å²) in [7, 11) is 0. The molecule has 3 aromatic rings. The van der Waals surface area contributed by atoms with Crippen molar-refractivity contribution in [2.75, 3.05) is 5.32 Å². The van der Waals surface area contributed by atoms with Gasteiger partial charge in [-0.15, -0.1) is 22.7 Å². The Morgan fingerprint density at radius 2 is 2.05 bits per heavy atom. The quantitative estimate of drug-likeness (QED) is 0.617. The largest absolute Gasteiger partial charge is 0.379 e. The van der Waals surface area contributed by atoms with Crippen molar-refractivity contribution in [3.8, 4) is 10.4 Å². The number of hydrogen-bond donors (Lipinski definition) is 1. The molecule has 2 heterocycles. The highest BCUT2D eigenvalue weighted by molar-refractivity contribution is 7.14. The Morgan fingerprint density at radius 3 is 2.85 bits per heavy atom. The number of aryl methyl sites for hydroxylation is 1. The monoisotopic (exact) mass is 319 g/mol. The first-order valence-corrected chi connectivity index (χ1v) is 8.47. The number of halogens is 1. The molecule has 0 aliphatic carbocycles. The molecule has 0 amide bonds. The molecule has 0 spiro atoms. The molecule has 2 aromatic heterocycles. The molecule has 1 N–H and O–H groups in total. The average molecular weight is 320 g/mol. The summed E-state index contributed by atoms with van der Waals surface area (Å²) >= 11 is 9.74. The van der Waals surface area contributed by atoms with Crippen molar-refractivity contribution in [3.63, 3.8) is 0 Å². The Hall–Kier alpha value is -1.29. The van der Waals surface area contributed by atoms with Gasteiger partial charge in [-0.25, -0.2) is 0 Å². The Morgan fingerprint density at radius 1 is 1.15 bits per heavy atom. The molecular weight excluding hydrogens is 306 g/mol. The molecule has 0 saturated carbocycles. The van der Waals surface area contributed by atoms with Crippen LogP contribution in [0.3, 0.4) is 0 Å². The number of thiophene rings is 2. The normalized spacial score (nSPS) is 10.7. The van der Waals surface area contributed by atoms with Crippen molar-refractivity contribution in [1.82, 2.24) is 0 Å². The minimum Gasteiger partial charge on any atom is -0.379 e. The van der Waals surface area contributed by atoms with Gasteiger partial charge in [0.2, 0.25) is 0 Å². The summed E-state index contributed by atoms with van der Waals surface area (Å²) in [4.78, 5) is 2.63. The fourth-order valence-corrected chi connectivity index (χ4v) is 3.80. The van der Waals surface area contributed by atoms with Crippen LogP contribution in [0.4, 0.5) is 5.69 Å². The van der Waals surface area contributed by atoms with Crippen molar-refractivity contribution in [2.24, 2.45) is 0 Å². The maximum absolute atomic E-state index is 6.19. The predicted octanol–water partition coefficient (Wildman–Crippen LogP) is 6.05. The summed E-state index contributed by atoms with van der Waals surface area (Å²) in [5, 5.41) is 8.50. The summed E-state index contributed by atoms with van der Waals surface area (Å²) < 4.78 is 0. The first-order chi connectivity index (χ1) is 9.72. The van der Waals surface area contributed by atoms with Crippen LogP contribution in [0, 0.1) is 6.92 Å². The van der Waals surface area contributed by atoms with E-state index >= 15 is 0 Å². The van der Waals surface area contributed by atoms with Crippen LogP contribution in [0.5, 0.6) is 0 Å². The molecule has 0 atom stereocenters. The van der Waals surface area contributed by atoms with E-state index in [1.54, 1.807) is 22.7 Å². The van der Waals surface area contributed by atoms with E-state index in [0.717, 1.165) is 17.3 Å². The molecule has 1 nitrogen and oxygen atoms in total. The van der Waals surface area contributed by atoms with E-state index in [1.807, 2.05) is 12.1 Å². The third kappa shape index (κ3) is 3.06. The van der Waals surface area contributed by atoms with Crippen LogP contribution < -0.4 is 5.32 Å². The Bertz CT molecular complexity index is 701. The molecule has 0 unspecified atom stereocenters. The highest BCUT2D eigenvalue weighted by Gasteiger charge is 2.05. The smallest absolute Gasteiger partial charge is 0.0637 e. The highest BCUT2D eigenvalue weighted by Crippen LogP contribution is 2.30. The van der Waals surface area contributed by atoms with Crippen LogP contribution in [0.1, 0.15) is 10.4 Å². The molecule has 0 fully saturated rings. The summed E-state index contributed by atoms with van der Waals surface area (Å²) in [6.45, 7) is 2.88. The van der Waals surface area contributed by atoms with E-state index in [9.17, 15) is 0 Å². The number of hydrogen-bond acceptors (Lipinski definition) is 3. The van der Waals surface area contributed by atoms with E-state index < -0.39 is 0 Å². The third-order valence-corrected chi connectivity index (χ3v) is 5.22. The van der Waals surface area contributed by atoms with Gasteiger partial charge in [0.15, 0.2) is 0 Å². The minimum atomic E-state index is 0.769. The van der Waals surface area contributed by atoms with Crippen molar-refractivity contribution in [1.29, 1.82) is 0 Å². The van der Waals surface area contributed by atoms with Gasteiger partial charge < -0.3 is 5.32 Å². The molecule has 1 aromatic carbocycles. The lowest BCUT2D eigenvalue weighted by Crippen LogP contribution is -1.98. The van der Waals surface area contributed by atoms with Gasteiger partial charge in [-0.05, 0) is 47.5 Å². The fraction of sp³-hybridized carbons (Fsp3) is 0.125. The van der Waals surface area contributed by atoms with Gasteiger partial charge in [-0.1, -0.05) is 23.7 Å². The zero-order valence-corrected chi connectivity index (χ0v) is 13.4. The summed E-state index contributed by atoms with van der Waals surface area (Å²) in [6, 6.07) is 12.5. The van der Waals surface area contributed by atoms with E-state index in [2.05, 4.69) is 47.3 Å². The number of benzene rings is 1. The standard InChI is InChI=1S/C16H14ClNS2/c1-11-4-5-14(17)15(7-11)18-9-13-8-12(10-20-13)16-3-2-6-19-16/h2-8,10,18H,9H2,1H3. The van der Waals surface area contributed by atoms with Gasteiger partial charge in [0.1, 0.15) is 0 Å². The van der Waals surface area contributed by atoms with Gasteiger partial charge in [-0.3, -0.25) is 0 Å². The van der Waals surface area contributed by atoms with E-state index in [4.69, 9.17) is 11.6 Å². The van der Waals surface area contributed by atoms with Crippen LogP contribution in [0.15, 0.2) is 47.2 Å². The maximum Gasteiger partial charge on any atom is 0.0637 e. The van der Waals surface area contributed by atoms with Crippen LogP contribution in [0.25, 0.3) is 10.4 Å². The molecule has 0 radical (unpaired) electrons. The van der Waals surface area contributed by atoms with Gasteiger partial charge in [0.05, 0.1) is 10.7 Å². The minimum absolute atomic E-state index is 0.769. The lowest BCUT2D eigenvalue weighted by molar-refractivity contribution is 1.19. The van der Waals surface area contributed by atoms with Gasteiger partial charge in [-0.2, -0.15) is 0 Å². The van der Waals surface area contributed by atoms with Crippen molar-refractivity contribution in [2.45, 2.75) is 13.5 Å². The van der Waals surface area contributed by atoms with Crippen LogP contribution in [0.2, 0.25) is 5.02 Å². The first kappa shape index (κ1) is 13.7. The topological polar surface area (TPSA) is 12.0 Å². The number of anilines is 1. The second-order valence-electron chi connectivity index (χ2n) is 4.62. The molecule has 0 aliphatic heterocycles. The molecule has 4 heteroatoms. The zero-order valence-electron chi connectivity index (χ0n) is 11.0. The number of rotatable bonds is 4. The lowest BCUT2D eigenvalue weighted by Gasteiger charge is -2.07. The zero-order chi connectivity index (χ0) is 13.9. The molecular formula is C16H14ClNS2. The summed E-state index contributed by atoms with van der Waals surface area (Å²) in [5.74, 6) is 0. The molecule has 20 heavy (non-hydrogen) atoms. The second kappa shape index (κ2) is 6.00. The fourth-order valence-electron chi connectivity index (χ4n) is 2.00. The number of nitrogens with one attached hydrogen (secondary N) is 1. The Balaban J connectivity index is 1.71. The second-order valence-corrected chi connectivity index (χ2v) is 6.97. The van der Waals surface area contributed by atoms with E-state index in [0.29, 0.717) is 0 Å². The van der Waals surface area contributed by atoms with Crippen molar-refractivity contribution < 1.29 is 0 Å². The molecule has 0 bridgehead atoms. The molecule has 102 valence electrons. The van der Waals surface area contributed by atoms with Crippen LogP contribution in [-0.2, 0) is 6.54 Å². The first-order valence-electron chi connectivity index (χ1n) is 6.34. The highest BCUT2D eigenvalue weighted by atomic mass is 35.5. The van der Waals surface area contributed by atoms with Gasteiger partial charge in [0.25, 0.3) is 0 Å². The average Bonchev–Trinajstić information content (AvgIpc) is 3.09. The van der Waals surface area contributed by atoms with Gasteiger partial charge >= 0.3 is 0 Å². The third-order valence-electron chi connectivity index (χ3n) is 3.03. The summed E-state index contributed by atoms with van der Waals surface area (Å²) in [6.07, 6.45) is 0. The van der Waals surface area contributed by atoms with Crippen molar-refractivity contribution >= 4 is 40.0 Å². The van der Waals surface area contributed by atoms with Crippen molar-refractivity contribution in [3.05, 3.63) is 62.6 Å². The van der Waals surface area contributed by atoms with E-state index in [-0.39, 0.29) is 0 Å². The van der Waals surface area contributed by atoms with E-state index in [1.165, 1.54) is 20.9 Å². The lowest BCUT2D eigenvalue weighted by atomic mass is 10.2. The van der Waals surface area contributed by atoms with Crippen LogP contribution >= 0.6 is 34.3 Å². The molecule has 3 rings (SSSR count). The maximum atomic E-state index is 6.19.